The average molecular weight is 442 g/mol. The second kappa shape index (κ2) is 9.97. The van der Waals surface area contributed by atoms with Gasteiger partial charge in [-0.05, 0) is 38.3 Å². The molecular formula is C24H31N3O5. The van der Waals surface area contributed by atoms with Crippen molar-refractivity contribution in [1.82, 2.24) is 15.2 Å². The van der Waals surface area contributed by atoms with E-state index < -0.39 is 24.0 Å². The number of ketones is 1. The first-order chi connectivity index (χ1) is 15.2. The number of carboxylic acid groups (broad SMARTS) is 1. The van der Waals surface area contributed by atoms with E-state index in [9.17, 15) is 24.3 Å². The number of nitrogens with one attached hydrogen (secondary N) is 2. The Hall–Kier alpha value is -3.16. The molecule has 3 atom stereocenters. The average Bonchev–Trinajstić information content (AvgIpc) is 3.35. The number of carbonyl (C=O) groups is 4. The number of amides is 2. The topological polar surface area (TPSA) is 118 Å². The van der Waals surface area contributed by atoms with Crippen LogP contribution in [-0.4, -0.2) is 45.3 Å². The van der Waals surface area contributed by atoms with Crippen LogP contribution < -0.4 is 10.6 Å². The summed E-state index contributed by atoms with van der Waals surface area (Å²) >= 11 is 0. The number of benzene rings is 1. The number of hydrogen-bond acceptors (Lipinski definition) is 4. The quantitative estimate of drug-likeness (QED) is 0.517. The summed E-state index contributed by atoms with van der Waals surface area (Å²) in [5, 5.41) is 15.8. The molecule has 1 aromatic heterocycles. The number of aryl methyl sites for hydroxylation is 1. The van der Waals surface area contributed by atoms with Crippen molar-refractivity contribution in [2.24, 2.45) is 13.0 Å². The van der Waals surface area contributed by atoms with E-state index in [-0.39, 0.29) is 17.6 Å². The van der Waals surface area contributed by atoms with Gasteiger partial charge in [0.1, 0.15) is 6.04 Å². The highest BCUT2D eigenvalue weighted by Crippen LogP contribution is 2.26. The summed E-state index contributed by atoms with van der Waals surface area (Å²) in [6.07, 6.45) is 5.76. The molecule has 1 aliphatic rings. The third kappa shape index (κ3) is 5.00. The lowest BCUT2D eigenvalue weighted by Gasteiger charge is -2.23. The molecule has 0 radical (unpaired) electrons. The fourth-order valence-corrected chi connectivity index (χ4v) is 4.44. The summed E-state index contributed by atoms with van der Waals surface area (Å²) in [5.41, 5.74) is 1.75. The molecule has 172 valence electrons. The van der Waals surface area contributed by atoms with Crippen LogP contribution >= 0.6 is 0 Å². The molecule has 8 heteroatoms. The van der Waals surface area contributed by atoms with Gasteiger partial charge in [0.25, 0.3) is 5.91 Å². The Balaban J connectivity index is 1.77. The smallest absolute Gasteiger partial charge is 0.308 e. The first kappa shape index (κ1) is 23.5. The number of aromatic nitrogens is 1. The van der Waals surface area contributed by atoms with Crippen LogP contribution in [0.5, 0.6) is 0 Å². The van der Waals surface area contributed by atoms with Gasteiger partial charge in [-0.1, -0.05) is 32.3 Å². The molecule has 1 aliphatic carbocycles. The lowest BCUT2D eigenvalue weighted by atomic mass is 10.0. The van der Waals surface area contributed by atoms with Gasteiger partial charge >= 0.3 is 5.97 Å². The van der Waals surface area contributed by atoms with Gasteiger partial charge in [0.05, 0.1) is 5.92 Å². The Kier molecular flexibility index (Phi) is 7.33. The lowest BCUT2D eigenvalue weighted by Crippen LogP contribution is -2.51. The minimum Gasteiger partial charge on any atom is -0.481 e. The molecule has 32 heavy (non-hydrogen) atoms. The number of hydrogen-bond donors (Lipinski definition) is 3. The van der Waals surface area contributed by atoms with Gasteiger partial charge in [0.2, 0.25) is 5.91 Å². The monoisotopic (exact) mass is 441 g/mol. The number of rotatable bonds is 9. The zero-order valence-corrected chi connectivity index (χ0v) is 18.8. The van der Waals surface area contributed by atoms with Gasteiger partial charge < -0.3 is 20.3 Å². The fraction of sp³-hybridized carbons (Fsp3) is 0.500. The van der Waals surface area contributed by atoms with Crippen molar-refractivity contribution in [3.05, 3.63) is 35.5 Å². The number of Topliss-reactive ketones (excluding diaryl/α,β-unsaturated/α-hetero) is 1. The third-order valence-corrected chi connectivity index (χ3v) is 6.26. The van der Waals surface area contributed by atoms with Gasteiger partial charge in [-0.15, -0.1) is 0 Å². The Morgan fingerprint density at radius 2 is 1.97 bits per heavy atom. The van der Waals surface area contributed by atoms with E-state index >= 15 is 0 Å². The molecule has 3 N–H and O–H groups in total. The van der Waals surface area contributed by atoms with Crippen LogP contribution in [0.2, 0.25) is 0 Å². The molecular weight excluding hydrogens is 410 g/mol. The molecule has 3 rings (SSSR count). The van der Waals surface area contributed by atoms with Crippen LogP contribution in [-0.2, 0) is 16.6 Å². The number of fused-ring (bicyclic) bond motifs is 1. The van der Waals surface area contributed by atoms with E-state index in [0.717, 1.165) is 30.2 Å². The van der Waals surface area contributed by atoms with E-state index in [1.807, 2.05) is 14.0 Å². The molecule has 1 fully saturated rings. The Morgan fingerprint density at radius 1 is 1.22 bits per heavy atom. The van der Waals surface area contributed by atoms with E-state index in [1.54, 1.807) is 29.0 Å². The first-order valence-electron chi connectivity index (χ1n) is 11.2. The molecule has 0 aliphatic heterocycles. The maximum Gasteiger partial charge on any atom is 0.308 e. The highest BCUT2D eigenvalue weighted by Gasteiger charge is 2.35. The third-order valence-electron chi connectivity index (χ3n) is 6.26. The molecule has 8 nitrogen and oxygen atoms in total. The van der Waals surface area contributed by atoms with Crippen molar-refractivity contribution < 1.29 is 24.3 Å². The van der Waals surface area contributed by atoms with Crippen molar-refractivity contribution in [2.75, 3.05) is 0 Å². The summed E-state index contributed by atoms with van der Waals surface area (Å²) in [6, 6.07) is 3.96. The van der Waals surface area contributed by atoms with Crippen molar-refractivity contribution in [2.45, 2.75) is 64.5 Å². The zero-order valence-electron chi connectivity index (χ0n) is 18.8. The number of carboxylic acids is 1. The molecule has 1 saturated carbocycles. The Labute approximate surface area is 187 Å². The van der Waals surface area contributed by atoms with Gasteiger partial charge in [0, 0.05) is 41.3 Å². The minimum atomic E-state index is -0.900. The van der Waals surface area contributed by atoms with Gasteiger partial charge in [-0.2, -0.15) is 0 Å². The predicted octanol–water partition coefficient (Wildman–Crippen LogP) is 3.04. The van der Waals surface area contributed by atoms with Crippen molar-refractivity contribution >= 4 is 34.5 Å². The van der Waals surface area contributed by atoms with E-state index in [4.69, 9.17) is 0 Å². The summed E-state index contributed by atoms with van der Waals surface area (Å²) in [4.78, 5) is 49.2. The normalized spacial score (nSPS) is 19.0. The van der Waals surface area contributed by atoms with Crippen LogP contribution in [0.15, 0.2) is 24.4 Å². The summed E-state index contributed by atoms with van der Waals surface area (Å²) in [5.74, 6) is -2.26. The first-order valence-corrected chi connectivity index (χ1v) is 11.2. The molecule has 0 spiro atoms. The van der Waals surface area contributed by atoms with Gasteiger partial charge in [-0.25, -0.2) is 0 Å². The summed E-state index contributed by atoms with van der Waals surface area (Å²) in [7, 11) is 1.81. The van der Waals surface area contributed by atoms with Gasteiger partial charge in [-0.3, -0.25) is 19.2 Å². The molecule has 0 bridgehead atoms. The predicted molar refractivity (Wildman–Crippen MR) is 121 cm³/mol. The highest BCUT2D eigenvalue weighted by atomic mass is 16.4. The van der Waals surface area contributed by atoms with Crippen LogP contribution in [0.25, 0.3) is 10.9 Å². The number of aliphatic carboxylic acids is 1. The zero-order chi connectivity index (χ0) is 23.4. The Morgan fingerprint density at radius 3 is 2.62 bits per heavy atom. The molecule has 2 aromatic rings. The lowest BCUT2D eigenvalue weighted by molar-refractivity contribution is -0.142. The van der Waals surface area contributed by atoms with Crippen molar-refractivity contribution in [3.63, 3.8) is 0 Å². The number of unbranched alkanes of at least 4 members (excludes halogenated alkanes) is 1. The molecule has 2 amide bonds. The van der Waals surface area contributed by atoms with Crippen LogP contribution in [0.4, 0.5) is 0 Å². The molecule has 0 saturated heterocycles. The SMILES string of the molecule is CCCC[C@H](NC(=O)c1ccc2c(C(C)=O)cn(C)c2c1)C(=O)N[C@H]1CCC[C@H]1C(=O)O. The number of nitrogens with zero attached hydrogens (tertiary/aromatic N) is 1. The van der Waals surface area contributed by atoms with Crippen LogP contribution in [0.3, 0.4) is 0 Å². The standard InChI is InChI=1S/C24H31N3O5/c1-4-5-8-20(23(30)25-19-9-6-7-17(19)24(31)32)26-22(29)15-10-11-16-18(14(2)28)13-27(3)21(16)12-15/h10-13,17,19-20H,4-9H2,1-3H3,(H,25,30)(H,26,29)(H,31,32)/t17-,19+,20+/m1/s1. The fourth-order valence-electron chi connectivity index (χ4n) is 4.44. The second-order valence-corrected chi connectivity index (χ2v) is 8.60. The Bertz CT molecular complexity index is 1040. The minimum absolute atomic E-state index is 0.0457. The van der Waals surface area contributed by atoms with E-state index in [0.29, 0.717) is 30.4 Å². The summed E-state index contributed by atoms with van der Waals surface area (Å²) in [6.45, 7) is 3.51. The van der Waals surface area contributed by atoms with Gasteiger partial charge in [0.15, 0.2) is 5.78 Å². The summed E-state index contributed by atoms with van der Waals surface area (Å²) < 4.78 is 1.80. The van der Waals surface area contributed by atoms with Crippen molar-refractivity contribution in [3.8, 4) is 0 Å². The maximum atomic E-state index is 13.0. The second-order valence-electron chi connectivity index (χ2n) is 8.60. The van der Waals surface area contributed by atoms with Crippen LogP contribution in [0, 0.1) is 5.92 Å². The number of carbonyl (C=O) groups excluding carboxylic acids is 3. The largest absolute Gasteiger partial charge is 0.481 e. The van der Waals surface area contributed by atoms with E-state index in [2.05, 4.69) is 10.6 Å². The molecule has 1 heterocycles. The maximum absolute atomic E-state index is 13.0. The molecule has 0 unspecified atom stereocenters. The molecule has 1 aromatic carbocycles. The van der Waals surface area contributed by atoms with Crippen LogP contribution in [0.1, 0.15) is 73.1 Å². The highest BCUT2D eigenvalue weighted by molar-refractivity contribution is 6.08. The van der Waals surface area contributed by atoms with Crippen molar-refractivity contribution in [1.29, 1.82) is 0 Å². The van der Waals surface area contributed by atoms with E-state index in [1.165, 1.54) is 6.92 Å².